The summed E-state index contributed by atoms with van der Waals surface area (Å²) in [5, 5.41) is 0.866. The molecule has 0 radical (unpaired) electrons. The van der Waals surface area contributed by atoms with Gasteiger partial charge in [0.2, 0.25) is 5.91 Å². The first kappa shape index (κ1) is 14.4. The quantitative estimate of drug-likeness (QED) is 0.796. The fourth-order valence-electron chi connectivity index (χ4n) is 2.60. The summed E-state index contributed by atoms with van der Waals surface area (Å²) in [7, 11) is 1.64. The number of benzene rings is 1. The van der Waals surface area contributed by atoms with Crippen LogP contribution < -0.4 is 4.74 Å². The number of alkyl halides is 1. The van der Waals surface area contributed by atoms with E-state index in [4.69, 9.17) is 4.74 Å². The van der Waals surface area contributed by atoms with Gasteiger partial charge in [0.05, 0.1) is 13.5 Å². The van der Waals surface area contributed by atoms with E-state index >= 15 is 0 Å². The molecule has 1 atom stereocenters. The molecule has 1 amide bonds. The van der Waals surface area contributed by atoms with Crippen molar-refractivity contribution in [3.05, 3.63) is 29.8 Å². The van der Waals surface area contributed by atoms with Crippen molar-refractivity contribution in [2.75, 3.05) is 19.0 Å². The van der Waals surface area contributed by atoms with E-state index in [-0.39, 0.29) is 5.91 Å². The lowest BCUT2D eigenvalue weighted by atomic mass is 10.0. The van der Waals surface area contributed by atoms with E-state index in [1.807, 2.05) is 29.2 Å². The van der Waals surface area contributed by atoms with Gasteiger partial charge in [-0.2, -0.15) is 0 Å². The van der Waals surface area contributed by atoms with Crippen molar-refractivity contribution < 1.29 is 9.53 Å². The van der Waals surface area contributed by atoms with Gasteiger partial charge in [0, 0.05) is 23.5 Å². The second-order valence-electron chi connectivity index (χ2n) is 4.88. The van der Waals surface area contributed by atoms with E-state index in [2.05, 4.69) is 15.9 Å². The van der Waals surface area contributed by atoms with Crippen molar-refractivity contribution >= 4 is 21.8 Å². The lowest BCUT2D eigenvalue weighted by Gasteiger charge is -2.35. The smallest absolute Gasteiger partial charge is 0.227 e. The monoisotopic (exact) mass is 325 g/mol. The zero-order valence-electron chi connectivity index (χ0n) is 11.3. The number of methoxy groups -OCH3 is 1. The van der Waals surface area contributed by atoms with Gasteiger partial charge in [-0.25, -0.2) is 0 Å². The minimum Gasteiger partial charge on any atom is -0.496 e. The molecule has 1 aliphatic rings. The SMILES string of the molecule is COc1ccccc1CC(=O)N1CCCCC1CBr. The van der Waals surface area contributed by atoms with E-state index in [1.54, 1.807) is 7.11 Å². The Morgan fingerprint density at radius 3 is 2.95 bits per heavy atom. The molecule has 3 nitrogen and oxygen atoms in total. The van der Waals surface area contributed by atoms with Gasteiger partial charge < -0.3 is 9.64 Å². The second-order valence-corrected chi connectivity index (χ2v) is 5.53. The number of rotatable bonds is 4. The molecular formula is C15H20BrNO2. The predicted octanol–water partition coefficient (Wildman–Crippen LogP) is 3.01. The highest BCUT2D eigenvalue weighted by atomic mass is 79.9. The van der Waals surface area contributed by atoms with Crippen molar-refractivity contribution in [3.8, 4) is 5.75 Å². The first-order chi connectivity index (χ1) is 9.26. The molecule has 0 aromatic heterocycles. The van der Waals surface area contributed by atoms with Gasteiger partial charge in [-0.1, -0.05) is 34.1 Å². The average molecular weight is 326 g/mol. The van der Waals surface area contributed by atoms with Gasteiger partial charge in [-0.3, -0.25) is 4.79 Å². The highest BCUT2D eigenvalue weighted by Gasteiger charge is 2.26. The molecule has 1 heterocycles. The summed E-state index contributed by atoms with van der Waals surface area (Å²) < 4.78 is 5.31. The number of carbonyl (C=O) groups excluding carboxylic acids is 1. The van der Waals surface area contributed by atoms with Crippen LogP contribution >= 0.6 is 15.9 Å². The number of para-hydroxylation sites is 1. The molecule has 1 saturated heterocycles. The van der Waals surface area contributed by atoms with Crippen molar-refractivity contribution in [1.82, 2.24) is 4.90 Å². The highest BCUT2D eigenvalue weighted by molar-refractivity contribution is 9.09. The van der Waals surface area contributed by atoms with Gasteiger partial charge in [0.25, 0.3) is 0 Å². The van der Waals surface area contributed by atoms with Crippen LogP contribution in [0, 0.1) is 0 Å². The third-order valence-corrected chi connectivity index (χ3v) is 4.41. The van der Waals surface area contributed by atoms with Gasteiger partial charge in [0.15, 0.2) is 0 Å². The Morgan fingerprint density at radius 1 is 1.42 bits per heavy atom. The number of halogens is 1. The zero-order chi connectivity index (χ0) is 13.7. The number of amides is 1. The van der Waals surface area contributed by atoms with Crippen LogP contribution in [0.25, 0.3) is 0 Å². The van der Waals surface area contributed by atoms with E-state index in [1.165, 1.54) is 6.42 Å². The largest absolute Gasteiger partial charge is 0.496 e. The topological polar surface area (TPSA) is 29.5 Å². The van der Waals surface area contributed by atoms with Crippen molar-refractivity contribution in [1.29, 1.82) is 0 Å². The molecule has 1 aromatic rings. The Labute approximate surface area is 123 Å². The standard InChI is InChI=1S/C15H20BrNO2/c1-19-14-8-3-2-6-12(14)10-15(18)17-9-5-4-7-13(17)11-16/h2-3,6,8,13H,4-5,7,9-11H2,1H3. The third-order valence-electron chi connectivity index (χ3n) is 3.66. The maximum absolute atomic E-state index is 12.5. The van der Waals surface area contributed by atoms with Gasteiger partial charge in [-0.15, -0.1) is 0 Å². The zero-order valence-corrected chi connectivity index (χ0v) is 12.9. The number of hydrogen-bond acceptors (Lipinski definition) is 2. The van der Waals surface area contributed by atoms with E-state index in [9.17, 15) is 4.79 Å². The molecule has 1 unspecified atom stereocenters. The average Bonchev–Trinajstić information content (AvgIpc) is 2.47. The lowest BCUT2D eigenvalue weighted by molar-refractivity contribution is -0.133. The minimum absolute atomic E-state index is 0.202. The number of ether oxygens (including phenoxy) is 1. The fraction of sp³-hybridized carbons (Fsp3) is 0.533. The van der Waals surface area contributed by atoms with Crippen molar-refractivity contribution in [2.24, 2.45) is 0 Å². The van der Waals surface area contributed by atoms with E-state index < -0.39 is 0 Å². The van der Waals surface area contributed by atoms with Crippen LogP contribution in [-0.4, -0.2) is 35.8 Å². The van der Waals surface area contributed by atoms with Gasteiger partial charge in [0.1, 0.15) is 5.75 Å². The first-order valence-corrected chi connectivity index (χ1v) is 7.85. The summed E-state index contributed by atoms with van der Waals surface area (Å²) in [6, 6.07) is 8.08. The molecule has 4 heteroatoms. The van der Waals surface area contributed by atoms with Gasteiger partial charge >= 0.3 is 0 Å². The van der Waals surface area contributed by atoms with Crippen LogP contribution in [0.1, 0.15) is 24.8 Å². The first-order valence-electron chi connectivity index (χ1n) is 6.73. The molecule has 2 rings (SSSR count). The Hall–Kier alpha value is -1.03. The Kier molecular flexibility index (Phi) is 5.25. The molecule has 0 aliphatic carbocycles. The van der Waals surface area contributed by atoms with Crippen molar-refractivity contribution in [2.45, 2.75) is 31.7 Å². The predicted molar refractivity (Wildman–Crippen MR) is 79.8 cm³/mol. The van der Waals surface area contributed by atoms with Crippen LogP contribution in [0.15, 0.2) is 24.3 Å². The summed E-state index contributed by atoms with van der Waals surface area (Å²) >= 11 is 3.51. The number of nitrogens with zero attached hydrogens (tertiary/aromatic N) is 1. The highest BCUT2D eigenvalue weighted by Crippen LogP contribution is 2.22. The molecule has 0 spiro atoms. The number of carbonyl (C=O) groups is 1. The number of piperidine rings is 1. The normalized spacial score (nSPS) is 19.3. The maximum atomic E-state index is 12.5. The summed E-state index contributed by atoms with van der Waals surface area (Å²) in [6.45, 7) is 0.879. The summed E-state index contributed by atoms with van der Waals surface area (Å²) in [5.74, 6) is 0.997. The van der Waals surface area contributed by atoms with Crippen LogP contribution in [0.5, 0.6) is 5.75 Å². The Balaban J connectivity index is 2.07. The molecular weight excluding hydrogens is 306 g/mol. The second kappa shape index (κ2) is 6.94. The Morgan fingerprint density at radius 2 is 2.21 bits per heavy atom. The van der Waals surface area contributed by atoms with Crippen LogP contribution in [0.3, 0.4) is 0 Å². The fourth-order valence-corrected chi connectivity index (χ4v) is 3.28. The molecule has 1 fully saturated rings. The maximum Gasteiger partial charge on any atom is 0.227 e. The summed E-state index contributed by atoms with van der Waals surface area (Å²) in [6.07, 6.45) is 3.85. The molecule has 19 heavy (non-hydrogen) atoms. The number of likely N-dealkylation sites (tertiary alicyclic amines) is 1. The summed E-state index contributed by atoms with van der Waals surface area (Å²) in [5.41, 5.74) is 0.967. The van der Waals surface area contributed by atoms with E-state index in [0.29, 0.717) is 12.5 Å². The van der Waals surface area contributed by atoms with Crippen LogP contribution in [0.4, 0.5) is 0 Å². The molecule has 1 aliphatic heterocycles. The number of hydrogen-bond donors (Lipinski definition) is 0. The molecule has 0 bridgehead atoms. The van der Waals surface area contributed by atoms with Crippen LogP contribution in [-0.2, 0) is 11.2 Å². The molecule has 1 aromatic carbocycles. The lowest BCUT2D eigenvalue weighted by Crippen LogP contribution is -2.45. The Bertz CT molecular complexity index is 436. The minimum atomic E-state index is 0.202. The van der Waals surface area contributed by atoms with Crippen LogP contribution in [0.2, 0.25) is 0 Å². The van der Waals surface area contributed by atoms with Crippen molar-refractivity contribution in [3.63, 3.8) is 0 Å². The molecule has 104 valence electrons. The summed E-state index contributed by atoms with van der Waals surface area (Å²) in [4.78, 5) is 14.5. The third kappa shape index (κ3) is 3.50. The molecule has 0 saturated carbocycles. The van der Waals surface area contributed by atoms with Gasteiger partial charge in [-0.05, 0) is 25.3 Å². The molecule has 0 N–H and O–H groups in total. The van der Waals surface area contributed by atoms with E-state index in [0.717, 1.165) is 36.0 Å².